The minimum Gasteiger partial charge on any atom is -0.359 e. The highest BCUT2D eigenvalue weighted by atomic mass is 32.2. The quantitative estimate of drug-likeness (QED) is 0.927. The third-order valence-electron chi connectivity index (χ3n) is 3.22. The van der Waals surface area contributed by atoms with E-state index in [0.717, 1.165) is 11.3 Å². The van der Waals surface area contributed by atoms with Gasteiger partial charge in [-0.05, 0) is 23.3 Å². The molecule has 1 atom stereocenters. The summed E-state index contributed by atoms with van der Waals surface area (Å²) < 4.78 is 19.4. The molecule has 1 unspecified atom stereocenters. The molecule has 1 aliphatic rings. The van der Waals surface area contributed by atoms with Gasteiger partial charge in [0.1, 0.15) is 0 Å². The molecule has 0 saturated carbocycles. The summed E-state index contributed by atoms with van der Waals surface area (Å²) in [5.74, 6) is 1.11. The topological polar surface area (TPSA) is 57.1 Å². The maximum atomic E-state index is 11.5. The largest absolute Gasteiger partial charge is 0.359 e. The average Bonchev–Trinajstić information content (AvgIpc) is 2.90. The van der Waals surface area contributed by atoms with Crippen LogP contribution in [0, 0.1) is 0 Å². The molecule has 0 bridgehead atoms. The van der Waals surface area contributed by atoms with Crippen LogP contribution in [0.3, 0.4) is 0 Å². The third-order valence-corrected chi connectivity index (χ3v) is 3.89. The number of nitrogens with zero attached hydrogens (tertiary/aromatic N) is 3. The van der Waals surface area contributed by atoms with E-state index >= 15 is 0 Å². The molecule has 0 aromatic heterocycles. The third kappa shape index (κ3) is 3.07. The highest BCUT2D eigenvalue weighted by molar-refractivity contribution is 7.83. The van der Waals surface area contributed by atoms with Crippen molar-refractivity contribution in [3.05, 3.63) is 54.6 Å². The minimum absolute atomic E-state index is 0.524. The first-order valence-electron chi connectivity index (χ1n) is 6.83. The number of hydrogen-bond acceptors (Lipinski definition) is 3. The number of anilines is 1. The van der Waals surface area contributed by atoms with Gasteiger partial charge < -0.3 is 10.2 Å². The van der Waals surface area contributed by atoms with Crippen LogP contribution in [0.25, 0.3) is 11.1 Å². The van der Waals surface area contributed by atoms with Gasteiger partial charge in [0, 0.05) is 19.8 Å². The van der Waals surface area contributed by atoms with E-state index in [4.69, 9.17) is 0 Å². The molecule has 1 aliphatic heterocycles. The summed E-state index contributed by atoms with van der Waals surface area (Å²) >= 11 is -1.54. The summed E-state index contributed by atoms with van der Waals surface area (Å²) in [6.07, 6.45) is 0. The fourth-order valence-corrected chi connectivity index (χ4v) is 2.86. The Kier molecular flexibility index (Phi) is 4.02. The van der Waals surface area contributed by atoms with Crippen molar-refractivity contribution in [2.75, 3.05) is 19.4 Å². The molecule has 1 heterocycles. The Labute approximate surface area is 132 Å². The Morgan fingerprint density at radius 1 is 0.909 bits per heavy atom. The molecule has 6 heteroatoms. The molecule has 3 rings (SSSR count). The van der Waals surface area contributed by atoms with Crippen molar-refractivity contribution in [1.29, 1.82) is 0 Å². The van der Waals surface area contributed by atoms with E-state index in [1.165, 1.54) is 5.56 Å². The molecule has 0 amide bonds. The zero-order chi connectivity index (χ0) is 15.5. The SMILES string of the molecule is CN(C)C1=NS(=O)N=C1Nc1ccc(-c2ccccc2)cc1. The number of rotatable bonds is 2. The van der Waals surface area contributed by atoms with Crippen molar-refractivity contribution in [1.82, 2.24) is 4.90 Å². The van der Waals surface area contributed by atoms with Crippen LogP contribution in [0.4, 0.5) is 5.69 Å². The lowest BCUT2D eigenvalue weighted by Crippen LogP contribution is -2.32. The second-order valence-electron chi connectivity index (χ2n) is 5.05. The first kappa shape index (κ1) is 14.5. The van der Waals surface area contributed by atoms with E-state index in [1.54, 1.807) is 4.90 Å². The molecule has 0 radical (unpaired) electrons. The van der Waals surface area contributed by atoms with Crippen LogP contribution >= 0.6 is 0 Å². The number of benzene rings is 2. The van der Waals surface area contributed by atoms with Crippen molar-refractivity contribution >= 4 is 28.5 Å². The Hall–Kier alpha value is -2.47. The molecule has 2 aromatic rings. The van der Waals surface area contributed by atoms with Crippen molar-refractivity contribution in [3.63, 3.8) is 0 Å². The first-order chi connectivity index (χ1) is 10.6. The first-order valence-corrected chi connectivity index (χ1v) is 7.89. The Bertz CT molecular complexity index is 751. The molecular formula is C16H16N4OS. The highest BCUT2D eigenvalue weighted by Gasteiger charge is 2.20. The van der Waals surface area contributed by atoms with Gasteiger partial charge in [0.15, 0.2) is 11.7 Å². The summed E-state index contributed by atoms with van der Waals surface area (Å²) in [5.41, 5.74) is 3.19. The number of nitrogens with one attached hydrogen (secondary N) is 1. The maximum Gasteiger partial charge on any atom is 0.269 e. The van der Waals surface area contributed by atoms with E-state index in [9.17, 15) is 4.21 Å². The molecule has 1 N–H and O–H groups in total. The molecule has 2 aromatic carbocycles. The smallest absolute Gasteiger partial charge is 0.269 e. The summed E-state index contributed by atoms with van der Waals surface area (Å²) in [6.45, 7) is 0. The monoisotopic (exact) mass is 312 g/mol. The second kappa shape index (κ2) is 6.11. The Morgan fingerprint density at radius 2 is 1.55 bits per heavy atom. The normalized spacial score (nSPS) is 16.9. The summed E-state index contributed by atoms with van der Waals surface area (Å²) in [7, 11) is 3.69. The van der Waals surface area contributed by atoms with Crippen molar-refractivity contribution in [3.8, 4) is 11.1 Å². The predicted octanol–water partition coefficient (Wildman–Crippen LogP) is 2.72. The zero-order valence-corrected chi connectivity index (χ0v) is 13.2. The van der Waals surface area contributed by atoms with Gasteiger partial charge in [0.25, 0.3) is 11.2 Å². The van der Waals surface area contributed by atoms with Gasteiger partial charge >= 0.3 is 0 Å². The van der Waals surface area contributed by atoms with E-state index < -0.39 is 11.2 Å². The number of hydrogen-bond donors (Lipinski definition) is 1. The predicted molar refractivity (Wildman–Crippen MR) is 92.2 cm³/mol. The van der Waals surface area contributed by atoms with E-state index in [0.29, 0.717) is 11.7 Å². The van der Waals surface area contributed by atoms with Crippen molar-refractivity contribution < 1.29 is 4.21 Å². The highest BCUT2D eigenvalue weighted by Crippen LogP contribution is 2.21. The van der Waals surface area contributed by atoms with E-state index in [-0.39, 0.29) is 0 Å². The molecule has 0 aliphatic carbocycles. The molecule has 5 nitrogen and oxygen atoms in total. The molecule has 0 saturated heterocycles. The molecule has 0 spiro atoms. The molecular weight excluding hydrogens is 296 g/mol. The second-order valence-corrected chi connectivity index (χ2v) is 5.87. The molecule has 22 heavy (non-hydrogen) atoms. The van der Waals surface area contributed by atoms with Crippen molar-refractivity contribution in [2.45, 2.75) is 0 Å². The fraction of sp³-hybridized carbons (Fsp3) is 0.125. The van der Waals surface area contributed by atoms with Crippen LogP contribution in [0.2, 0.25) is 0 Å². The van der Waals surface area contributed by atoms with Gasteiger partial charge in [-0.3, -0.25) is 0 Å². The van der Waals surface area contributed by atoms with Crippen LogP contribution < -0.4 is 5.32 Å². The average molecular weight is 312 g/mol. The van der Waals surface area contributed by atoms with Gasteiger partial charge in [0.2, 0.25) is 0 Å². The van der Waals surface area contributed by atoms with Gasteiger partial charge in [-0.2, -0.15) is 0 Å². The van der Waals surface area contributed by atoms with Crippen LogP contribution in [-0.2, 0) is 11.2 Å². The van der Waals surface area contributed by atoms with Gasteiger partial charge in [-0.15, -0.1) is 8.80 Å². The minimum atomic E-state index is -1.54. The van der Waals surface area contributed by atoms with Gasteiger partial charge in [-0.1, -0.05) is 42.5 Å². The maximum absolute atomic E-state index is 11.5. The van der Waals surface area contributed by atoms with Gasteiger partial charge in [0.05, 0.1) is 0 Å². The fourth-order valence-electron chi connectivity index (χ4n) is 2.14. The Morgan fingerprint density at radius 3 is 2.18 bits per heavy atom. The molecule has 112 valence electrons. The number of amidine groups is 2. The lowest BCUT2D eigenvalue weighted by atomic mass is 10.1. The Balaban J connectivity index is 1.79. The summed E-state index contributed by atoms with van der Waals surface area (Å²) in [6, 6.07) is 18.2. The van der Waals surface area contributed by atoms with Crippen molar-refractivity contribution in [2.24, 2.45) is 8.80 Å². The van der Waals surface area contributed by atoms with Crippen LogP contribution in [0.15, 0.2) is 63.4 Å². The summed E-state index contributed by atoms with van der Waals surface area (Å²) in [4.78, 5) is 1.79. The zero-order valence-electron chi connectivity index (χ0n) is 12.4. The van der Waals surface area contributed by atoms with E-state index in [1.807, 2.05) is 56.6 Å². The van der Waals surface area contributed by atoms with E-state index in [2.05, 4.69) is 26.2 Å². The molecule has 0 fully saturated rings. The van der Waals surface area contributed by atoms with Crippen LogP contribution in [0.5, 0.6) is 0 Å². The standard InChI is InChI=1S/C16H16N4OS/c1-20(2)16-15(18-22(21)19-16)17-14-10-8-13(9-11-14)12-6-4-3-5-7-12/h3-11H,1-2H3,(H,17,18). The van der Waals surface area contributed by atoms with Gasteiger partial charge in [-0.25, -0.2) is 4.21 Å². The van der Waals surface area contributed by atoms with Crippen LogP contribution in [-0.4, -0.2) is 34.9 Å². The lowest BCUT2D eigenvalue weighted by molar-refractivity contribution is 0.632. The number of likely N-dealkylation sites (N-methyl/N-ethyl adjacent to an activating group) is 1. The lowest BCUT2D eigenvalue weighted by Gasteiger charge is -2.14. The van der Waals surface area contributed by atoms with Crippen LogP contribution in [0.1, 0.15) is 0 Å². The summed E-state index contributed by atoms with van der Waals surface area (Å²) in [5, 5.41) is 3.17.